The third-order valence-corrected chi connectivity index (χ3v) is 4.48. The van der Waals surface area contributed by atoms with Gasteiger partial charge in [0.1, 0.15) is 0 Å². The number of nitrogens with zero attached hydrogens (tertiary/aromatic N) is 1. The lowest BCUT2D eigenvalue weighted by atomic mass is 10.1. The monoisotopic (exact) mass is 303 g/mol. The molecule has 0 aromatic heterocycles. The minimum absolute atomic E-state index is 0.0889. The van der Waals surface area contributed by atoms with Gasteiger partial charge in [0, 0.05) is 31.9 Å². The highest BCUT2D eigenvalue weighted by Gasteiger charge is 2.27. The van der Waals surface area contributed by atoms with Crippen molar-refractivity contribution < 1.29 is 14.3 Å². The SMILES string of the molecule is Cc1ccc(C(=O)N(CC2CCCO2)CC2CCCO2)cc1. The molecule has 3 rings (SSSR count). The maximum atomic E-state index is 12.8. The average Bonchev–Trinajstić information content (AvgIpc) is 3.20. The molecule has 0 saturated carbocycles. The van der Waals surface area contributed by atoms with Gasteiger partial charge in [0.25, 0.3) is 5.91 Å². The number of hydrogen-bond donors (Lipinski definition) is 0. The zero-order chi connectivity index (χ0) is 15.4. The zero-order valence-corrected chi connectivity index (χ0v) is 13.3. The molecule has 1 aromatic rings. The predicted octanol–water partition coefficient (Wildman–Crippen LogP) is 2.80. The molecule has 2 aliphatic rings. The van der Waals surface area contributed by atoms with Crippen molar-refractivity contribution in [2.45, 2.75) is 44.8 Å². The van der Waals surface area contributed by atoms with E-state index in [0.29, 0.717) is 13.1 Å². The molecule has 4 nitrogen and oxygen atoms in total. The Balaban J connectivity index is 1.70. The van der Waals surface area contributed by atoms with Crippen LogP contribution >= 0.6 is 0 Å². The van der Waals surface area contributed by atoms with Gasteiger partial charge in [0.05, 0.1) is 12.2 Å². The normalized spacial score (nSPS) is 24.6. The Hall–Kier alpha value is -1.39. The number of carbonyl (C=O) groups excluding carboxylic acids is 1. The molecule has 2 fully saturated rings. The predicted molar refractivity (Wildman–Crippen MR) is 85.0 cm³/mol. The van der Waals surface area contributed by atoms with Gasteiger partial charge in [-0.15, -0.1) is 0 Å². The van der Waals surface area contributed by atoms with Crippen molar-refractivity contribution in [3.05, 3.63) is 35.4 Å². The van der Waals surface area contributed by atoms with Gasteiger partial charge in [-0.3, -0.25) is 4.79 Å². The Morgan fingerprint density at radius 3 is 2.05 bits per heavy atom. The maximum Gasteiger partial charge on any atom is 0.254 e. The fraction of sp³-hybridized carbons (Fsp3) is 0.611. The van der Waals surface area contributed by atoms with E-state index in [2.05, 4.69) is 0 Å². The summed E-state index contributed by atoms with van der Waals surface area (Å²) in [5.41, 5.74) is 1.92. The van der Waals surface area contributed by atoms with Crippen molar-refractivity contribution in [3.8, 4) is 0 Å². The Labute approximate surface area is 132 Å². The molecule has 0 aliphatic carbocycles. The van der Waals surface area contributed by atoms with Gasteiger partial charge < -0.3 is 14.4 Å². The summed E-state index contributed by atoms with van der Waals surface area (Å²) in [5, 5.41) is 0. The molecule has 1 amide bonds. The molecule has 22 heavy (non-hydrogen) atoms. The second kappa shape index (κ2) is 7.25. The zero-order valence-electron chi connectivity index (χ0n) is 13.3. The van der Waals surface area contributed by atoms with Gasteiger partial charge in [-0.1, -0.05) is 17.7 Å². The summed E-state index contributed by atoms with van der Waals surface area (Å²) < 4.78 is 11.4. The first-order valence-corrected chi connectivity index (χ1v) is 8.31. The van der Waals surface area contributed by atoms with Crippen LogP contribution < -0.4 is 0 Å². The van der Waals surface area contributed by atoms with Crippen LogP contribution in [-0.4, -0.2) is 49.3 Å². The molecule has 4 heteroatoms. The van der Waals surface area contributed by atoms with Crippen LogP contribution in [0.2, 0.25) is 0 Å². The average molecular weight is 303 g/mol. The van der Waals surface area contributed by atoms with Crippen LogP contribution in [0.4, 0.5) is 0 Å². The van der Waals surface area contributed by atoms with E-state index in [1.54, 1.807) is 0 Å². The number of ether oxygens (including phenoxy) is 2. The summed E-state index contributed by atoms with van der Waals surface area (Å²) >= 11 is 0. The highest BCUT2D eigenvalue weighted by molar-refractivity contribution is 5.94. The van der Waals surface area contributed by atoms with Gasteiger partial charge >= 0.3 is 0 Å². The van der Waals surface area contributed by atoms with E-state index < -0.39 is 0 Å². The molecular weight excluding hydrogens is 278 g/mol. The number of aryl methyl sites for hydroxylation is 1. The van der Waals surface area contributed by atoms with Crippen LogP contribution in [0.15, 0.2) is 24.3 Å². The van der Waals surface area contributed by atoms with Gasteiger partial charge in [0.15, 0.2) is 0 Å². The quantitative estimate of drug-likeness (QED) is 0.839. The van der Waals surface area contributed by atoms with Crippen LogP contribution in [-0.2, 0) is 9.47 Å². The summed E-state index contributed by atoms with van der Waals surface area (Å²) in [7, 11) is 0. The first-order chi connectivity index (χ1) is 10.7. The van der Waals surface area contributed by atoms with Crippen LogP contribution in [0.25, 0.3) is 0 Å². The molecule has 120 valence electrons. The molecule has 2 heterocycles. The van der Waals surface area contributed by atoms with E-state index in [9.17, 15) is 4.79 Å². The summed E-state index contributed by atoms with van der Waals surface area (Å²) in [4.78, 5) is 14.8. The standard InChI is InChI=1S/C18H25NO3/c1-14-6-8-15(9-7-14)18(20)19(12-16-4-2-10-21-16)13-17-5-3-11-22-17/h6-9,16-17H,2-5,10-13H2,1H3. The molecule has 2 unspecified atom stereocenters. The van der Waals surface area contributed by atoms with Crippen LogP contribution in [0.3, 0.4) is 0 Å². The Kier molecular flexibility index (Phi) is 5.11. The second-order valence-corrected chi connectivity index (χ2v) is 6.35. The summed E-state index contributed by atoms with van der Waals surface area (Å²) in [6.07, 6.45) is 4.63. The van der Waals surface area contributed by atoms with Gasteiger partial charge in [0.2, 0.25) is 0 Å². The summed E-state index contributed by atoms with van der Waals surface area (Å²) in [6.45, 7) is 5.01. The molecular formula is C18H25NO3. The molecule has 0 spiro atoms. The van der Waals surface area contributed by atoms with E-state index in [1.165, 1.54) is 5.56 Å². The lowest BCUT2D eigenvalue weighted by molar-refractivity contribution is 0.0307. The first-order valence-electron chi connectivity index (χ1n) is 8.31. The van der Waals surface area contributed by atoms with E-state index in [0.717, 1.165) is 44.5 Å². The first kappa shape index (κ1) is 15.5. The van der Waals surface area contributed by atoms with E-state index >= 15 is 0 Å². The minimum Gasteiger partial charge on any atom is -0.376 e. The van der Waals surface area contributed by atoms with Gasteiger partial charge in [-0.05, 0) is 44.7 Å². The maximum absolute atomic E-state index is 12.8. The summed E-state index contributed by atoms with van der Waals surface area (Å²) in [5.74, 6) is 0.0889. The largest absolute Gasteiger partial charge is 0.376 e. The van der Waals surface area contributed by atoms with Crippen LogP contribution in [0.5, 0.6) is 0 Å². The summed E-state index contributed by atoms with van der Waals surface area (Å²) in [6, 6.07) is 7.80. The smallest absolute Gasteiger partial charge is 0.254 e. The number of benzene rings is 1. The second-order valence-electron chi connectivity index (χ2n) is 6.35. The molecule has 2 aliphatic heterocycles. The third kappa shape index (κ3) is 3.87. The fourth-order valence-electron chi connectivity index (χ4n) is 3.19. The molecule has 0 radical (unpaired) electrons. The van der Waals surface area contributed by atoms with Crippen molar-refractivity contribution in [3.63, 3.8) is 0 Å². The highest BCUT2D eigenvalue weighted by atomic mass is 16.5. The number of carbonyl (C=O) groups is 1. The van der Waals surface area contributed by atoms with E-state index in [1.807, 2.05) is 36.1 Å². The molecule has 1 aromatic carbocycles. The van der Waals surface area contributed by atoms with Crippen molar-refractivity contribution in [1.82, 2.24) is 4.90 Å². The Bertz CT molecular complexity index is 470. The van der Waals surface area contributed by atoms with Crippen molar-refractivity contribution in [2.24, 2.45) is 0 Å². The number of hydrogen-bond acceptors (Lipinski definition) is 3. The van der Waals surface area contributed by atoms with Gasteiger partial charge in [-0.2, -0.15) is 0 Å². The van der Waals surface area contributed by atoms with Crippen molar-refractivity contribution in [2.75, 3.05) is 26.3 Å². The van der Waals surface area contributed by atoms with Crippen LogP contribution in [0, 0.1) is 6.92 Å². The molecule has 0 N–H and O–H groups in total. The van der Waals surface area contributed by atoms with Crippen molar-refractivity contribution in [1.29, 1.82) is 0 Å². The van der Waals surface area contributed by atoms with Gasteiger partial charge in [-0.25, -0.2) is 0 Å². The molecule has 2 saturated heterocycles. The molecule has 2 atom stereocenters. The highest BCUT2D eigenvalue weighted by Crippen LogP contribution is 2.19. The van der Waals surface area contributed by atoms with Crippen LogP contribution in [0.1, 0.15) is 41.6 Å². The minimum atomic E-state index is 0.0889. The van der Waals surface area contributed by atoms with E-state index in [4.69, 9.17) is 9.47 Å². The lowest BCUT2D eigenvalue weighted by Gasteiger charge is -2.28. The Morgan fingerprint density at radius 1 is 1.05 bits per heavy atom. The topological polar surface area (TPSA) is 38.8 Å². The fourth-order valence-corrected chi connectivity index (χ4v) is 3.19. The number of rotatable bonds is 5. The molecule has 0 bridgehead atoms. The lowest BCUT2D eigenvalue weighted by Crippen LogP contribution is -2.42. The van der Waals surface area contributed by atoms with E-state index in [-0.39, 0.29) is 18.1 Å². The number of amides is 1. The Morgan fingerprint density at radius 2 is 1.59 bits per heavy atom. The van der Waals surface area contributed by atoms with Crippen molar-refractivity contribution >= 4 is 5.91 Å². The third-order valence-electron chi connectivity index (χ3n) is 4.48.